The van der Waals surface area contributed by atoms with E-state index in [2.05, 4.69) is 20.2 Å². The largest absolute Gasteiger partial charge is 0.341 e. The fraction of sp³-hybridized carbons (Fsp3) is 0.353. The number of hydrogen-bond donors (Lipinski definition) is 1. The second kappa shape index (κ2) is 6.96. The van der Waals surface area contributed by atoms with Gasteiger partial charge in [-0.3, -0.25) is 4.79 Å². The van der Waals surface area contributed by atoms with Gasteiger partial charge < -0.3 is 10.2 Å². The monoisotopic (exact) mass is 330 g/mol. The van der Waals surface area contributed by atoms with Crippen LogP contribution in [0.2, 0.25) is 5.02 Å². The van der Waals surface area contributed by atoms with E-state index in [1.165, 1.54) is 19.3 Å². The molecule has 120 valence electrons. The molecule has 0 unspecified atom stereocenters. The van der Waals surface area contributed by atoms with Crippen molar-refractivity contribution < 1.29 is 4.79 Å². The van der Waals surface area contributed by atoms with Gasteiger partial charge in [0.15, 0.2) is 0 Å². The van der Waals surface area contributed by atoms with Crippen LogP contribution in [-0.4, -0.2) is 29.0 Å². The van der Waals surface area contributed by atoms with Crippen LogP contribution in [0.1, 0.15) is 35.2 Å². The van der Waals surface area contributed by atoms with Gasteiger partial charge in [-0.1, -0.05) is 17.7 Å². The molecule has 0 spiro atoms. The second-order valence-corrected chi connectivity index (χ2v) is 6.09. The summed E-state index contributed by atoms with van der Waals surface area (Å²) in [5.41, 5.74) is 1.97. The first-order valence-corrected chi connectivity index (χ1v) is 8.16. The molecule has 3 rings (SSSR count). The molecule has 23 heavy (non-hydrogen) atoms. The van der Waals surface area contributed by atoms with Gasteiger partial charge >= 0.3 is 0 Å². The number of hydrogen-bond acceptors (Lipinski definition) is 4. The van der Waals surface area contributed by atoms with Crippen molar-refractivity contribution in [2.24, 2.45) is 0 Å². The lowest BCUT2D eigenvalue weighted by molar-refractivity contribution is 0.102. The second-order valence-electron chi connectivity index (χ2n) is 5.69. The Morgan fingerprint density at radius 3 is 2.57 bits per heavy atom. The highest BCUT2D eigenvalue weighted by Gasteiger charge is 2.15. The summed E-state index contributed by atoms with van der Waals surface area (Å²) in [6.07, 6.45) is 6.74. The predicted molar refractivity (Wildman–Crippen MR) is 92.2 cm³/mol. The molecule has 1 aliphatic rings. The van der Waals surface area contributed by atoms with Gasteiger partial charge in [0.25, 0.3) is 5.91 Å². The Bertz CT molecular complexity index is 696. The first-order chi connectivity index (χ1) is 11.1. The molecule has 6 heteroatoms. The zero-order valence-corrected chi connectivity index (χ0v) is 13.8. The van der Waals surface area contributed by atoms with Gasteiger partial charge in [0.2, 0.25) is 5.95 Å². The molecular weight excluding hydrogens is 312 g/mol. The van der Waals surface area contributed by atoms with E-state index >= 15 is 0 Å². The average Bonchev–Trinajstić information content (AvgIpc) is 2.60. The predicted octanol–water partition coefficient (Wildman–Crippen LogP) is 3.68. The van der Waals surface area contributed by atoms with Crippen molar-refractivity contribution in [1.82, 2.24) is 9.97 Å². The Balaban J connectivity index is 1.71. The normalized spacial score (nSPS) is 14.6. The molecule has 0 atom stereocenters. The molecule has 0 bridgehead atoms. The van der Waals surface area contributed by atoms with Crippen molar-refractivity contribution in [3.8, 4) is 0 Å². The van der Waals surface area contributed by atoms with Crippen LogP contribution < -0.4 is 10.2 Å². The van der Waals surface area contributed by atoms with Crippen LogP contribution in [-0.2, 0) is 0 Å². The summed E-state index contributed by atoms with van der Waals surface area (Å²) in [6.45, 7) is 3.83. The molecule has 0 saturated carbocycles. The number of benzene rings is 1. The van der Waals surface area contributed by atoms with E-state index in [0.29, 0.717) is 22.2 Å². The first kappa shape index (κ1) is 15.7. The highest BCUT2D eigenvalue weighted by atomic mass is 35.5. The SMILES string of the molecule is Cc1c(Cl)cccc1NC(=O)c1cnc(N2CCCCC2)nc1. The molecular formula is C17H19ClN4O. The molecule has 1 aromatic carbocycles. The number of rotatable bonds is 3. The third-order valence-corrected chi connectivity index (χ3v) is 4.46. The van der Waals surface area contributed by atoms with Gasteiger partial charge in [-0.15, -0.1) is 0 Å². The molecule has 2 aromatic rings. The number of amides is 1. The number of nitrogens with zero attached hydrogens (tertiary/aromatic N) is 3. The van der Waals surface area contributed by atoms with Crippen molar-refractivity contribution in [2.75, 3.05) is 23.3 Å². The van der Waals surface area contributed by atoms with Gasteiger partial charge in [0, 0.05) is 36.2 Å². The number of nitrogens with one attached hydrogen (secondary N) is 1. The third-order valence-electron chi connectivity index (χ3n) is 4.06. The van der Waals surface area contributed by atoms with E-state index < -0.39 is 0 Å². The molecule has 1 aromatic heterocycles. The van der Waals surface area contributed by atoms with Gasteiger partial charge in [0.05, 0.1) is 5.56 Å². The van der Waals surface area contributed by atoms with Gasteiger partial charge in [-0.05, 0) is 43.9 Å². The summed E-state index contributed by atoms with van der Waals surface area (Å²) in [5, 5.41) is 3.47. The van der Waals surface area contributed by atoms with Crippen LogP contribution in [0.3, 0.4) is 0 Å². The number of anilines is 2. The summed E-state index contributed by atoms with van der Waals surface area (Å²) in [7, 11) is 0. The molecule has 1 amide bonds. The van der Waals surface area contributed by atoms with E-state index in [1.807, 2.05) is 13.0 Å². The van der Waals surface area contributed by atoms with E-state index in [1.54, 1.807) is 24.5 Å². The summed E-state index contributed by atoms with van der Waals surface area (Å²) in [5.74, 6) is 0.459. The van der Waals surface area contributed by atoms with Gasteiger partial charge in [-0.2, -0.15) is 0 Å². The molecule has 1 saturated heterocycles. The van der Waals surface area contributed by atoms with Gasteiger partial charge in [0.1, 0.15) is 0 Å². The third kappa shape index (κ3) is 3.62. The molecule has 1 aliphatic heterocycles. The van der Waals surface area contributed by atoms with E-state index in [-0.39, 0.29) is 5.91 Å². The average molecular weight is 331 g/mol. The highest BCUT2D eigenvalue weighted by molar-refractivity contribution is 6.31. The Morgan fingerprint density at radius 2 is 1.87 bits per heavy atom. The Hall–Kier alpha value is -2.14. The Labute approximate surface area is 140 Å². The lowest BCUT2D eigenvalue weighted by Crippen LogP contribution is -2.31. The Morgan fingerprint density at radius 1 is 1.17 bits per heavy atom. The zero-order chi connectivity index (χ0) is 16.2. The topological polar surface area (TPSA) is 58.1 Å². The van der Waals surface area contributed by atoms with Crippen LogP contribution in [0.25, 0.3) is 0 Å². The van der Waals surface area contributed by atoms with Gasteiger partial charge in [-0.25, -0.2) is 9.97 Å². The molecule has 0 radical (unpaired) electrons. The van der Waals surface area contributed by atoms with Crippen molar-refractivity contribution in [2.45, 2.75) is 26.2 Å². The van der Waals surface area contributed by atoms with Crippen LogP contribution >= 0.6 is 11.6 Å². The van der Waals surface area contributed by atoms with Crippen LogP contribution in [0.4, 0.5) is 11.6 Å². The molecule has 5 nitrogen and oxygen atoms in total. The summed E-state index contributed by atoms with van der Waals surface area (Å²) >= 11 is 6.07. The van der Waals surface area contributed by atoms with E-state index in [9.17, 15) is 4.79 Å². The van der Waals surface area contributed by atoms with Crippen LogP contribution in [0.5, 0.6) is 0 Å². The molecule has 1 N–H and O–H groups in total. The summed E-state index contributed by atoms with van der Waals surface area (Å²) < 4.78 is 0. The minimum atomic E-state index is -0.236. The van der Waals surface area contributed by atoms with Crippen LogP contribution in [0, 0.1) is 6.92 Å². The maximum atomic E-state index is 12.3. The molecule has 0 aliphatic carbocycles. The maximum absolute atomic E-state index is 12.3. The minimum absolute atomic E-state index is 0.236. The van der Waals surface area contributed by atoms with E-state index in [4.69, 9.17) is 11.6 Å². The van der Waals surface area contributed by atoms with Crippen molar-refractivity contribution in [3.63, 3.8) is 0 Å². The quantitative estimate of drug-likeness (QED) is 0.932. The fourth-order valence-electron chi connectivity index (χ4n) is 2.63. The number of aromatic nitrogens is 2. The number of carbonyl (C=O) groups excluding carboxylic acids is 1. The van der Waals surface area contributed by atoms with Crippen LogP contribution in [0.15, 0.2) is 30.6 Å². The zero-order valence-electron chi connectivity index (χ0n) is 13.1. The minimum Gasteiger partial charge on any atom is -0.341 e. The van der Waals surface area contributed by atoms with Crippen molar-refractivity contribution in [1.29, 1.82) is 0 Å². The van der Waals surface area contributed by atoms with Crippen molar-refractivity contribution >= 4 is 29.1 Å². The smallest absolute Gasteiger partial charge is 0.258 e. The summed E-state index contributed by atoms with van der Waals surface area (Å²) in [4.78, 5) is 23.1. The number of piperidine rings is 1. The number of carbonyl (C=O) groups is 1. The fourth-order valence-corrected chi connectivity index (χ4v) is 2.81. The molecule has 1 fully saturated rings. The standard InChI is InChI=1S/C17H19ClN4O/c1-12-14(18)6-5-7-15(12)21-16(23)13-10-19-17(20-11-13)22-8-3-2-4-9-22/h5-7,10-11H,2-4,8-9H2,1H3,(H,21,23). The Kier molecular flexibility index (Phi) is 4.76. The lowest BCUT2D eigenvalue weighted by Gasteiger charge is -2.26. The lowest BCUT2D eigenvalue weighted by atomic mass is 10.1. The first-order valence-electron chi connectivity index (χ1n) is 7.78. The maximum Gasteiger partial charge on any atom is 0.258 e. The van der Waals surface area contributed by atoms with E-state index in [0.717, 1.165) is 18.7 Å². The van der Waals surface area contributed by atoms with Crippen molar-refractivity contribution in [3.05, 3.63) is 46.7 Å². The number of halogens is 1. The summed E-state index contributed by atoms with van der Waals surface area (Å²) in [6, 6.07) is 5.42. The highest BCUT2D eigenvalue weighted by Crippen LogP contribution is 2.23. The molecule has 2 heterocycles.